The van der Waals surface area contributed by atoms with Crippen LogP contribution in [0.4, 0.5) is 0 Å². The lowest BCUT2D eigenvalue weighted by atomic mass is 10.1. The van der Waals surface area contributed by atoms with E-state index in [-0.39, 0.29) is 30.7 Å². The molecule has 1 aromatic heterocycles. The van der Waals surface area contributed by atoms with Crippen LogP contribution in [0.3, 0.4) is 0 Å². The number of hydrogen-bond donors (Lipinski definition) is 1. The van der Waals surface area contributed by atoms with Gasteiger partial charge in [-0.3, -0.25) is 4.79 Å². The number of halogens is 2. The van der Waals surface area contributed by atoms with Crippen LogP contribution < -0.4 is 5.32 Å². The van der Waals surface area contributed by atoms with E-state index in [1.807, 2.05) is 14.0 Å². The number of carbonyl (C=O) groups is 1. The molecule has 2 aliphatic rings. The number of rotatable bonds is 4. The fourth-order valence-corrected chi connectivity index (χ4v) is 4.84. The van der Waals surface area contributed by atoms with Crippen LogP contribution in [0.5, 0.6) is 0 Å². The van der Waals surface area contributed by atoms with Gasteiger partial charge < -0.3 is 10.2 Å². The Hall–Kier alpha value is -0.360. The van der Waals surface area contributed by atoms with Crippen LogP contribution in [-0.4, -0.2) is 42.0 Å². The summed E-state index contributed by atoms with van der Waals surface area (Å²) in [5, 5.41) is 4.40. The average molecular weight is 380 g/mol. The molecule has 1 aliphatic carbocycles. The minimum Gasteiger partial charge on any atom is -0.334 e. The smallest absolute Gasteiger partial charge is 0.266 e. The Bertz CT molecular complexity index is 517. The van der Waals surface area contributed by atoms with Crippen molar-refractivity contribution in [3.8, 4) is 0 Å². The van der Waals surface area contributed by atoms with Gasteiger partial charge in [-0.1, -0.05) is 12.8 Å². The van der Waals surface area contributed by atoms with E-state index in [1.165, 1.54) is 30.7 Å². The van der Waals surface area contributed by atoms with Gasteiger partial charge in [0, 0.05) is 25.0 Å². The molecule has 4 nitrogen and oxygen atoms in total. The molecule has 1 amide bonds. The van der Waals surface area contributed by atoms with Crippen LogP contribution in [-0.2, 0) is 0 Å². The topological polar surface area (TPSA) is 45.2 Å². The molecule has 3 rings (SSSR count). The maximum Gasteiger partial charge on any atom is 0.266 e. The van der Waals surface area contributed by atoms with Gasteiger partial charge in [-0.25, -0.2) is 4.98 Å². The molecule has 132 valence electrons. The number of amides is 1. The van der Waals surface area contributed by atoms with E-state index in [2.05, 4.69) is 10.2 Å². The molecule has 2 heterocycles. The highest BCUT2D eigenvalue weighted by Crippen LogP contribution is 2.37. The normalized spacial score (nSPS) is 21.1. The number of aromatic nitrogens is 1. The monoisotopic (exact) mass is 379 g/mol. The molecule has 1 unspecified atom stereocenters. The summed E-state index contributed by atoms with van der Waals surface area (Å²) in [4.78, 5) is 20.5. The van der Waals surface area contributed by atoms with Crippen LogP contribution in [0.15, 0.2) is 0 Å². The van der Waals surface area contributed by atoms with Crippen LogP contribution >= 0.6 is 36.2 Å². The van der Waals surface area contributed by atoms with Gasteiger partial charge in [0.15, 0.2) is 0 Å². The van der Waals surface area contributed by atoms with Gasteiger partial charge in [-0.15, -0.1) is 36.2 Å². The Balaban J connectivity index is 0.00000132. The molecule has 1 aromatic rings. The molecule has 7 heteroatoms. The second-order valence-electron chi connectivity index (χ2n) is 6.30. The number of hydrogen-bond acceptors (Lipinski definition) is 4. The maximum atomic E-state index is 12.8. The van der Waals surface area contributed by atoms with Gasteiger partial charge >= 0.3 is 0 Å². The summed E-state index contributed by atoms with van der Waals surface area (Å²) in [6, 6.07) is 0.346. The molecule has 0 spiro atoms. The van der Waals surface area contributed by atoms with Gasteiger partial charge in [-0.2, -0.15) is 0 Å². The Kier molecular flexibility index (Phi) is 8.28. The van der Waals surface area contributed by atoms with Crippen molar-refractivity contribution in [3.63, 3.8) is 0 Å². The number of thiazole rings is 1. The van der Waals surface area contributed by atoms with E-state index < -0.39 is 0 Å². The summed E-state index contributed by atoms with van der Waals surface area (Å²) in [5.41, 5.74) is 0.932. The van der Waals surface area contributed by atoms with Crippen LogP contribution in [0.25, 0.3) is 0 Å². The fourth-order valence-electron chi connectivity index (χ4n) is 3.64. The zero-order chi connectivity index (χ0) is 14.8. The van der Waals surface area contributed by atoms with Crippen molar-refractivity contribution in [1.82, 2.24) is 15.2 Å². The molecule has 0 radical (unpaired) electrons. The van der Waals surface area contributed by atoms with Crippen molar-refractivity contribution >= 4 is 42.1 Å². The first-order valence-electron chi connectivity index (χ1n) is 8.13. The number of nitrogens with one attached hydrogen (secondary N) is 1. The first-order valence-corrected chi connectivity index (χ1v) is 8.95. The van der Waals surface area contributed by atoms with Crippen molar-refractivity contribution in [2.75, 3.05) is 20.1 Å². The zero-order valence-electron chi connectivity index (χ0n) is 13.8. The molecule has 0 aromatic carbocycles. The molecular weight excluding hydrogens is 353 g/mol. The number of aryl methyl sites for hydroxylation is 1. The molecule has 1 saturated heterocycles. The van der Waals surface area contributed by atoms with E-state index in [0.717, 1.165) is 36.5 Å². The Labute approximate surface area is 155 Å². The molecule has 1 atom stereocenters. The first-order chi connectivity index (χ1) is 10.2. The Morgan fingerprint density at radius 2 is 1.96 bits per heavy atom. The van der Waals surface area contributed by atoms with Gasteiger partial charge in [0.2, 0.25) is 0 Å². The maximum absolute atomic E-state index is 12.8. The van der Waals surface area contributed by atoms with Gasteiger partial charge in [0.05, 0.1) is 10.7 Å². The predicted molar refractivity (Wildman–Crippen MR) is 101 cm³/mol. The minimum absolute atomic E-state index is 0. The summed E-state index contributed by atoms with van der Waals surface area (Å²) < 4.78 is 0. The molecule has 1 aliphatic heterocycles. The summed E-state index contributed by atoms with van der Waals surface area (Å²) in [7, 11) is 1.96. The van der Waals surface area contributed by atoms with Crippen molar-refractivity contribution in [3.05, 3.63) is 15.6 Å². The summed E-state index contributed by atoms with van der Waals surface area (Å²) in [5.74, 6) is 0.800. The van der Waals surface area contributed by atoms with Gasteiger partial charge in [-0.05, 0) is 39.7 Å². The van der Waals surface area contributed by atoms with E-state index in [4.69, 9.17) is 4.98 Å². The van der Waals surface area contributed by atoms with Crippen molar-refractivity contribution in [2.24, 2.45) is 0 Å². The third-order valence-corrected chi connectivity index (χ3v) is 6.10. The largest absolute Gasteiger partial charge is 0.334 e. The summed E-state index contributed by atoms with van der Waals surface area (Å²) >= 11 is 1.65. The molecule has 1 N–H and O–H groups in total. The summed E-state index contributed by atoms with van der Waals surface area (Å²) in [6.07, 6.45) is 7.33. The third kappa shape index (κ3) is 4.38. The van der Waals surface area contributed by atoms with Gasteiger partial charge in [0.1, 0.15) is 4.88 Å². The van der Waals surface area contributed by atoms with E-state index in [9.17, 15) is 4.79 Å². The van der Waals surface area contributed by atoms with Gasteiger partial charge in [0.25, 0.3) is 5.91 Å². The van der Waals surface area contributed by atoms with Crippen molar-refractivity contribution < 1.29 is 4.79 Å². The molecule has 2 fully saturated rings. The second-order valence-corrected chi connectivity index (χ2v) is 7.33. The van der Waals surface area contributed by atoms with Crippen molar-refractivity contribution in [1.29, 1.82) is 0 Å². The van der Waals surface area contributed by atoms with Crippen LogP contribution in [0.1, 0.15) is 64.8 Å². The van der Waals surface area contributed by atoms with Crippen LogP contribution in [0.2, 0.25) is 0 Å². The highest BCUT2D eigenvalue weighted by Gasteiger charge is 2.32. The SMILES string of the molecule is CNCC1CCCN1C(=O)c1sc(C2CCCC2)nc1C.Cl.Cl. The Morgan fingerprint density at radius 3 is 2.61 bits per heavy atom. The minimum atomic E-state index is 0. The number of likely N-dealkylation sites (tertiary alicyclic amines) is 1. The number of likely N-dealkylation sites (N-methyl/N-ethyl adjacent to an activating group) is 1. The highest BCUT2D eigenvalue weighted by atomic mass is 35.5. The van der Waals surface area contributed by atoms with E-state index in [0.29, 0.717) is 12.0 Å². The summed E-state index contributed by atoms with van der Waals surface area (Å²) in [6.45, 7) is 3.77. The highest BCUT2D eigenvalue weighted by molar-refractivity contribution is 7.13. The predicted octanol–water partition coefficient (Wildman–Crippen LogP) is 3.78. The third-order valence-electron chi connectivity index (χ3n) is 4.79. The second kappa shape index (κ2) is 9.21. The number of nitrogens with zero attached hydrogens (tertiary/aromatic N) is 2. The Morgan fingerprint density at radius 1 is 1.26 bits per heavy atom. The van der Waals surface area contributed by atoms with E-state index >= 15 is 0 Å². The quantitative estimate of drug-likeness (QED) is 0.865. The number of carbonyl (C=O) groups excluding carboxylic acids is 1. The standard InChI is InChI=1S/C16H25N3OS.2ClH/c1-11-14(21-15(18-11)12-6-3-4-7-12)16(20)19-9-5-8-13(19)10-17-2;;/h12-13,17H,3-10H2,1-2H3;2*1H. The lowest BCUT2D eigenvalue weighted by Crippen LogP contribution is -2.40. The molecular formula is C16H27Cl2N3OS. The first kappa shape index (κ1) is 20.7. The lowest BCUT2D eigenvalue weighted by molar-refractivity contribution is 0.0741. The zero-order valence-corrected chi connectivity index (χ0v) is 16.3. The van der Waals surface area contributed by atoms with E-state index in [1.54, 1.807) is 11.3 Å². The van der Waals surface area contributed by atoms with Crippen LogP contribution in [0, 0.1) is 6.92 Å². The fraction of sp³-hybridized carbons (Fsp3) is 0.750. The molecule has 23 heavy (non-hydrogen) atoms. The average Bonchev–Trinajstić information content (AvgIpc) is 3.17. The lowest BCUT2D eigenvalue weighted by Gasteiger charge is -2.24. The van der Waals surface area contributed by atoms with Crippen molar-refractivity contribution in [2.45, 2.75) is 57.4 Å². The molecule has 1 saturated carbocycles. The molecule has 0 bridgehead atoms.